The van der Waals surface area contributed by atoms with Gasteiger partial charge in [-0.2, -0.15) is 0 Å². The standard InChI is InChI=1S/C15H22N2O2S/c1-10(2)7-8-17-15(18)11(3)14(19-4)13(16)12-6-5-9-20-12/h5-6,9-10,16H,7-8H2,1-4H3,(H,17,18)/b14-11+,16-13?. The summed E-state index contributed by atoms with van der Waals surface area (Å²) in [6, 6.07) is 3.72. The monoisotopic (exact) mass is 294 g/mol. The summed E-state index contributed by atoms with van der Waals surface area (Å²) >= 11 is 1.46. The van der Waals surface area contributed by atoms with E-state index in [-0.39, 0.29) is 11.6 Å². The van der Waals surface area contributed by atoms with Gasteiger partial charge in [0.1, 0.15) is 5.71 Å². The summed E-state index contributed by atoms with van der Waals surface area (Å²) in [5.74, 6) is 0.698. The highest BCUT2D eigenvalue weighted by atomic mass is 32.1. The van der Waals surface area contributed by atoms with E-state index in [0.717, 1.165) is 11.3 Å². The van der Waals surface area contributed by atoms with Crippen molar-refractivity contribution < 1.29 is 9.53 Å². The van der Waals surface area contributed by atoms with Gasteiger partial charge in [-0.25, -0.2) is 0 Å². The molecule has 20 heavy (non-hydrogen) atoms. The van der Waals surface area contributed by atoms with Crippen LogP contribution in [-0.4, -0.2) is 25.3 Å². The molecule has 1 rings (SSSR count). The molecule has 1 amide bonds. The van der Waals surface area contributed by atoms with Crippen molar-refractivity contribution in [3.05, 3.63) is 33.7 Å². The van der Waals surface area contributed by atoms with E-state index < -0.39 is 0 Å². The number of rotatable bonds is 7. The summed E-state index contributed by atoms with van der Waals surface area (Å²) in [6.45, 7) is 6.55. The highest BCUT2D eigenvalue weighted by Gasteiger charge is 2.17. The molecule has 2 N–H and O–H groups in total. The Kier molecular flexibility index (Phi) is 6.45. The van der Waals surface area contributed by atoms with Gasteiger partial charge >= 0.3 is 0 Å². The largest absolute Gasteiger partial charge is 0.494 e. The maximum absolute atomic E-state index is 12.1. The third-order valence-corrected chi connectivity index (χ3v) is 3.77. The zero-order chi connectivity index (χ0) is 15.1. The third-order valence-electron chi connectivity index (χ3n) is 2.89. The molecule has 0 atom stereocenters. The number of ether oxygens (including phenoxy) is 1. The van der Waals surface area contributed by atoms with Gasteiger partial charge in [0.2, 0.25) is 0 Å². The Labute approximate surface area is 124 Å². The lowest BCUT2D eigenvalue weighted by Crippen LogP contribution is -2.28. The second-order valence-corrected chi connectivity index (χ2v) is 5.90. The minimum atomic E-state index is -0.177. The van der Waals surface area contributed by atoms with Gasteiger partial charge in [-0.15, -0.1) is 11.3 Å². The molecule has 1 aromatic rings. The SMILES string of the molecule is CO/C(C(=N)c1cccs1)=C(\C)C(=O)NCCC(C)C. The van der Waals surface area contributed by atoms with Gasteiger partial charge in [0.05, 0.1) is 17.6 Å². The molecule has 0 saturated carbocycles. The molecule has 0 fully saturated rings. The number of amides is 1. The van der Waals surface area contributed by atoms with Crippen molar-refractivity contribution in [1.29, 1.82) is 5.41 Å². The molecule has 0 unspecified atom stereocenters. The average Bonchev–Trinajstić information content (AvgIpc) is 2.92. The summed E-state index contributed by atoms with van der Waals surface area (Å²) in [7, 11) is 1.49. The van der Waals surface area contributed by atoms with Crippen molar-refractivity contribution >= 4 is 23.0 Å². The fourth-order valence-electron chi connectivity index (χ4n) is 1.69. The molecule has 4 nitrogen and oxygen atoms in total. The van der Waals surface area contributed by atoms with Crippen molar-refractivity contribution in [2.45, 2.75) is 27.2 Å². The van der Waals surface area contributed by atoms with Gasteiger partial charge in [-0.3, -0.25) is 10.2 Å². The van der Waals surface area contributed by atoms with E-state index in [1.54, 1.807) is 6.92 Å². The number of methoxy groups -OCH3 is 1. The van der Waals surface area contributed by atoms with Crippen LogP contribution in [0.4, 0.5) is 0 Å². The van der Waals surface area contributed by atoms with E-state index >= 15 is 0 Å². The third kappa shape index (κ3) is 4.49. The summed E-state index contributed by atoms with van der Waals surface area (Å²) in [6.07, 6.45) is 0.934. The zero-order valence-corrected chi connectivity index (χ0v) is 13.3. The second-order valence-electron chi connectivity index (χ2n) is 4.95. The van der Waals surface area contributed by atoms with Crippen molar-refractivity contribution in [1.82, 2.24) is 5.32 Å². The first-order valence-corrected chi connectivity index (χ1v) is 7.51. The first-order chi connectivity index (χ1) is 9.47. The van der Waals surface area contributed by atoms with Gasteiger partial charge < -0.3 is 10.1 Å². The van der Waals surface area contributed by atoms with E-state index in [4.69, 9.17) is 10.1 Å². The molecule has 0 saturated heterocycles. The molecule has 110 valence electrons. The van der Waals surface area contributed by atoms with Crippen LogP contribution in [0.15, 0.2) is 28.8 Å². The topological polar surface area (TPSA) is 62.2 Å². The molecular weight excluding hydrogens is 272 g/mol. The first kappa shape index (κ1) is 16.4. The minimum Gasteiger partial charge on any atom is -0.494 e. The lowest BCUT2D eigenvalue weighted by atomic mass is 10.1. The highest BCUT2D eigenvalue weighted by Crippen LogP contribution is 2.17. The molecule has 0 radical (unpaired) electrons. The molecule has 0 aliphatic carbocycles. The maximum Gasteiger partial charge on any atom is 0.250 e. The van der Waals surface area contributed by atoms with Gasteiger partial charge in [0.25, 0.3) is 5.91 Å². The summed E-state index contributed by atoms with van der Waals surface area (Å²) in [5, 5.41) is 12.9. The molecule has 1 aromatic heterocycles. The lowest BCUT2D eigenvalue weighted by molar-refractivity contribution is -0.117. The smallest absolute Gasteiger partial charge is 0.250 e. The number of hydrogen-bond donors (Lipinski definition) is 2. The molecule has 0 aliphatic heterocycles. The molecule has 0 bridgehead atoms. The van der Waals surface area contributed by atoms with E-state index in [0.29, 0.717) is 23.8 Å². The Morgan fingerprint density at radius 3 is 2.70 bits per heavy atom. The summed E-state index contributed by atoms with van der Waals surface area (Å²) < 4.78 is 5.25. The molecule has 5 heteroatoms. The molecule has 0 spiro atoms. The zero-order valence-electron chi connectivity index (χ0n) is 12.4. The van der Waals surface area contributed by atoms with Crippen LogP contribution in [0.5, 0.6) is 0 Å². The number of carbonyl (C=O) groups excluding carboxylic acids is 1. The molecule has 0 aromatic carbocycles. The van der Waals surface area contributed by atoms with Crippen LogP contribution < -0.4 is 5.32 Å². The summed E-state index contributed by atoms with van der Waals surface area (Å²) in [5.41, 5.74) is 0.689. The average molecular weight is 294 g/mol. The number of thiophene rings is 1. The Balaban J connectivity index is 2.79. The first-order valence-electron chi connectivity index (χ1n) is 6.63. The number of allylic oxidation sites excluding steroid dienone is 1. The fourth-order valence-corrected chi connectivity index (χ4v) is 2.36. The maximum atomic E-state index is 12.1. The molecule has 1 heterocycles. The van der Waals surface area contributed by atoms with E-state index in [1.807, 2.05) is 17.5 Å². The summed E-state index contributed by atoms with van der Waals surface area (Å²) in [4.78, 5) is 12.8. The molecular formula is C15H22N2O2S. The predicted octanol–water partition coefficient (Wildman–Crippen LogP) is 3.20. The lowest BCUT2D eigenvalue weighted by Gasteiger charge is -2.12. The van der Waals surface area contributed by atoms with Crippen molar-refractivity contribution in [2.75, 3.05) is 13.7 Å². The van der Waals surface area contributed by atoms with Crippen molar-refractivity contribution in [2.24, 2.45) is 5.92 Å². The normalized spacial score (nSPS) is 12.1. The van der Waals surface area contributed by atoms with Crippen LogP contribution in [0, 0.1) is 11.3 Å². The predicted molar refractivity (Wildman–Crippen MR) is 83.3 cm³/mol. The Bertz CT molecular complexity index is 490. The van der Waals surface area contributed by atoms with Crippen LogP contribution in [0.25, 0.3) is 0 Å². The van der Waals surface area contributed by atoms with Gasteiger partial charge in [0, 0.05) is 6.54 Å². The van der Waals surface area contributed by atoms with Gasteiger partial charge in [-0.05, 0) is 30.7 Å². The Morgan fingerprint density at radius 2 is 2.20 bits per heavy atom. The Morgan fingerprint density at radius 1 is 1.50 bits per heavy atom. The highest BCUT2D eigenvalue weighted by molar-refractivity contribution is 7.12. The quantitative estimate of drug-likeness (QED) is 0.461. The van der Waals surface area contributed by atoms with E-state index in [2.05, 4.69) is 19.2 Å². The van der Waals surface area contributed by atoms with Crippen LogP contribution in [0.2, 0.25) is 0 Å². The van der Waals surface area contributed by atoms with Gasteiger partial charge in [0.15, 0.2) is 5.76 Å². The van der Waals surface area contributed by atoms with Crippen LogP contribution in [-0.2, 0) is 9.53 Å². The van der Waals surface area contributed by atoms with Crippen LogP contribution in [0.3, 0.4) is 0 Å². The van der Waals surface area contributed by atoms with Crippen molar-refractivity contribution in [3.63, 3.8) is 0 Å². The fraction of sp³-hybridized carbons (Fsp3) is 0.467. The number of hydrogen-bond acceptors (Lipinski definition) is 4. The number of nitrogens with one attached hydrogen (secondary N) is 2. The van der Waals surface area contributed by atoms with Gasteiger partial charge in [-0.1, -0.05) is 19.9 Å². The Hall–Kier alpha value is -1.62. The van der Waals surface area contributed by atoms with Crippen LogP contribution >= 0.6 is 11.3 Å². The van der Waals surface area contributed by atoms with E-state index in [1.165, 1.54) is 18.4 Å². The van der Waals surface area contributed by atoms with E-state index in [9.17, 15) is 4.79 Å². The minimum absolute atomic E-state index is 0.177. The van der Waals surface area contributed by atoms with Crippen LogP contribution in [0.1, 0.15) is 32.1 Å². The second kappa shape index (κ2) is 7.85. The van der Waals surface area contributed by atoms with Crippen molar-refractivity contribution in [3.8, 4) is 0 Å². The number of carbonyl (C=O) groups is 1. The molecule has 0 aliphatic rings.